The summed E-state index contributed by atoms with van der Waals surface area (Å²) in [7, 11) is 0. The van der Waals surface area contributed by atoms with Crippen molar-refractivity contribution < 1.29 is 4.92 Å². The number of allylic oxidation sites excluding steroid dienone is 4. The van der Waals surface area contributed by atoms with Gasteiger partial charge in [-0.3, -0.25) is 10.1 Å². The van der Waals surface area contributed by atoms with Crippen LogP contribution in [-0.2, 0) is 0 Å². The summed E-state index contributed by atoms with van der Waals surface area (Å²) in [6.45, 7) is 4.69. The van der Waals surface area contributed by atoms with E-state index in [1.807, 2.05) is 0 Å². The molecule has 5 heteroatoms. The first-order valence-corrected chi connectivity index (χ1v) is 3.10. The fourth-order valence-electron chi connectivity index (χ4n) is 0.440. The van der Waals surface area contributed by atoms with Gasteiger partial charge in [0.25, 0.3) is 5.70 Å². The lowest BCUT2D eigenvalue weighted by atomic mass is 10.3. The molecule has 0 heterocycles. The zero-order valence-corrected chi connectivity index (χ0v) is 6.56. The Hall–Kier alpha value is -1.78. The molecule has 0 N–H and O–H groups in total. The van der Waals surface area contributed by atoms with Crippen LogP contribution in [0.15, 0.2) is 41.4 Å². The van der Waals surface area contributed by atoms with E-state index in [4.69, 9.17) is 0 Å². The molecule has 0 fully saturated rings. The summed E-state index contributed by atoms with van der Waals surface area (Å²) >= 11 is 0. The number of hydrogen-bond acceptors (Lipinski definition) is 4. The molecule has 0 aliphatic carbocycles. The molecule has 0 rings (SSSR count). The van der Waals surface area contributed by atoms with Crippen LogP contribution in [0, 0.1) is 15.0 Å². The summed E-state index contributed by atoms with van der Waals surface area (Å²) in [6, 6.07) is 0. The molecule has 0 aromatic carbocycles. The summed E-state index contributed by atoms with van der Waals surface area (Å²) in [6.07, 6.45) is 3.52. The van der Waals surface area contributed by atoms with E-state index < -0.39 is 4.92 Å². The molecule has 0 saturated heterocycles. The van der Waals surface area contributed by atoms with Crippen molar-refractivity contribution in [1.29, 1.82) is 0 Å². The molecule has 0 atom stereocenters. The van der Waals surface area contributed by atoms with Crippen molar-refractivity contribution in [2.24, 2.45) is 5.18 Å². The molecule has 0 aromatic heterocycles. The maximum atomic E-state index is 10.2. The molecule has 0 radical (unpaired) electrons. The third kappa shape index (κ3) is 3.40. The average molecular weight is 168 g/mol. The minimum atomic E-state index is -0.596. The lowest BCUT2D eigenvalue weighted by molar-refractivity contribution is -0.418. The molecule has 0 aliphatic rings. The van der Waals surface area contributed by atoms with E-state index in [9.17, 15) is 15.0 Å². The number of rotatable bonds is 4. The lowest BCUT2D eigenvalue weighted by Gasteiger charge is -1.86. The molecule has 0 amide bonds. The number of nitro groups is 1. The number of nitroso groups, excluding NO2 is 1. The van der Waals surface area contributed by atoms with E-state index in [0.29, 0.717) is 0 Å². The molecule has 0 bridgehead atoms. The highest BCUT2D eigenvalue weighted by Gasteiger charge is 2.01. The van der Waals surface area contributed by atoms with Crippen LogP contribution in [0.4, 0.5) is 0 Å². The molecule has 5 nitrogen and oxygen atoms in total. The van der Waals surface area contributed by atoms with E-state index in [-0.39, 0.29) is 11.4 Å². The Labute approximate surface area is 69.2 Å². The van der Waals surface area contributed by atoms with Crippen LogP contribution in [0.3, 0.4) is 0 Å². The Kier molecular flexibility index (Phi) is 4.21. The largest absolute Gasteiger partial charge is 0.268 e. The standard InChI is InChI=1S/C7H8N2O3/c1-3-7(9(11)12)5-4-6(2)8-10/h3-5H,1H2,2H3/b6-4+,7-5+. The van der Waals surface area contributed by atoms with Crippen LogP contribution >= 0.6 is 0 Å². The van der Waals surface area contributed by atoms with Gasteiger partial charge in [0.2, 0.25) is 0 Å². The second-order valence-corrected chi connectivity index (χ2v) is 1.95. The molecular weight excluding hydrogens is 160 g/mol. The molecule has 0 unspecified atom stereocenters. The minimum absolute atomic E-state index is 0.169. The predicted molar refractivity (Wildman–Crippen MR) is 44.8 cm³/mol. The molecule has 0 aromatic rings. The van der Waals surface area contributed by atoms with Crippen LogP contribution in [-0.4, -0.2) is 4.92 Å². The Bertz CT molecular complexity index is 266. The van der Waals surface area contributed by atoms with Crippen LogP contribution in [0.25, 0.3) is 0 Å². The Morgan fingerprint density at radius 1 is 1.58 bits per heavy atom. The summed E-state index contributed by atoms with van der Waals surface area (Å²) in [4.78, 5) is 19.4. The van der Waals surface area contributed by atoms with Crippen LogP contribution in [0.5, 0.6) is 0 Å². The summed E-state index contributed by atoms with van der Waals surface area (Å²) in [5, 5.41) is 12.7. The monoisotopic (exact) mass is 168 g/mol. The maximum absolute atomic E-state index is 10.2. The Balaban J connectivity index is 4.62. The maximum Gasteiger partial charge on any atom is 0.268 e. The van der Waals surface area contributed by atoms with Gasteiger partial charge in [-0.05, 0) is 18.2 Å². The molecule has 0 spiro atoms. The fourth-order valence-corrected chi connectivity index (χ4v) is 0.440. The highest BCUT2D eigenvalue weighted by Crippen LogP contribution is 2.00. The van der Waals surface area contributed by atoms with Gasteiger partial charge >= 0.3 is 0 Å². The molecular formula is C7H8N2O3. The van der Waals surface area contributed by atoms with E-state index >= 15 is 0 Å². The normalized spacial score (nSPS) is 12.4. The number of hydrogen-bond donors (Lipinski definition) is 0. The Morgan fingerprint density at radius 3 is 2.50 bits per heavy atom. The third-order valence-corrected chi connectivity index (χ3v) is 1.06. The van der Waals surface area contributed by atoms with Crippen LogP contribution in [0.2, 0.25) is 0 Å². The second-order valence-electron chi connectivity index (χ2n) is 1.95. The average Bonchev–Trinajstić information content (AvgIpc) is 2.04. The van der Waals surface area contributed by atoms with Gasteiger partial charge in [-0.1, -0.05) is 6.58 Å². The third-order valence-electron chi connectivity index (χ3n) is 1.06. The van der Waals surface area contributed by atoms with Gasteiger partial charge in [0.1, 0.15) is 0 Å². The zero-order valence-electron chi connectivity index (χ0n) is 6.56. The summed E-state index contributed by atoms with van der Waals surface area (Å²) < 4.78 is 0. The van der Waals surface area contributed by atoms with Crippen LogP contribution in [0.1, 0.15) is 6.92 Å². The van der Waals surface area contributed by atoms with Crippen molar-refractivity contribution in [2.45, 2.75) is 6.92 Å². The minimum Gasteiger partial charge on any atom is -0.258 e. The van der Waals surface area contributed by atoms with Gasteiger partial charge in [0.05, 0.1) is 10.6 Å². The predicted octanol–water partition coefficient (Wildman–Crippen LogP) is 2.00. The first-order chi connectivity index (χ1) is 5.61. The van der Waals surface area contributed by atoms with E-state index in [1.54, 1.807) is 0 Å². The molecule has 12 heavy (non-hydrogen) atoms. The van der Waals surface area contributed by atoms with E-state index in [2.05, 4.69) is 11.8 Å². The second kappa shape index (κ2) is 4.95. The van der Waals surface area contributed by atoms with Crippen molar-refractivity contribution in [3.8, 4) is 0 Å². The number of nitrogens with zero attached hydrogens (tertiary/aromatic N) is 2. The van der Waals surface area contributed by atoms with E-state index in [1.165, 1.54) is 19.1 Å². The first-order valence-electron chi connectivity index (χ1n) is 3.10. The van der Waals surface area contributed by atoms with Crippen molar-refractivity contribution >= 4 is 0 Å². The summed E-state index contributed by atoms with van der Waals surface area (Å²) in [5.41, 5.74) is 0.00852. The molecule has 0 aliphatic heterocycles. The van der Waals surface area contributed by atoms with Gasteiger partial charge < -0.3 is 0 Å². The fraction of sp³-hybridized carbons (Fsp3) is 0.143. The molecule has 0 saturated carbocycles. The smallest absolute Gasteiger partial charge is 0.258 e. The highest BCUT2D eigenvalue weighted by molar-refractivity contribution is 5.18. The quantitative estimate of drug-likeness (QED) is 0.279. The highest BCUT2D eigenvalue weighted by atomic mass is 16.6. The van der Waals surface area contributed by atoms with Gasteiger partial charge in [0, 0.05) is 12.2 Å². The van der Waals surface area contributed by atoms with Gasteiger partial charge in [-0.2, -0.15) is 0 Å². The zero-order chi connectivity index (χ0) is 9.56. The SMILES string of the molecule is C=C/C(=C\C=C(/C)N=O)[N+](=O)[O-]. The van der Waals surface area contributed by atoms with Crippen molar-refractivity contribution in [1.82, 2.24) is 0 Å². The molecule has 64 valence electrons. The van der Waals surface area contributed by atoms with Crippen molar-refractivity contribution in [2.75, 3.05) is 0 Å². The lowest BCUT2D eigenvalue weighted by Crippen LogP contribution is -1.93. The van der Waals surface area contributed by atoms with Crippen LogP contribution < -0.4 is 0 Å². The first kappa shape index (κ1) is 10.2. The van der Waals surface area contributed by atoms with Gasteiger partial charge in [-0.25, -0.2) is 0 Å². The topological polar surface area (TPSA) is 72.6 Å². The summed E-state index contributed by atoms with van der Waals surface area (Å²) in [5.74, 6) is 0. The van der Waals surface area contributed by atoms with Crippen molar-refractivity contribution in [3.05, 3.63) is 51.2 Å². The van der Waals surface area contributed by atoms with Gasteiger partial charge in [-0.15, -0.1) is 4.91 Å². The van der Waals surface area contributed by atoms with Gasteiger partial charge in [0.15, 0.2) is 0 Å². The van der Waals surface area contributed by atoms with E-state index in [0.717, 1.165) is 6.08 Å². The Morgan fingerprint density at radius 2 is 2.17 bits per heavy atom. The van der Waals surface area contributed by atoms with Crippen molar-refractivity contribution in [3.63, 3.8) is 0 Å².